The maximum atomic E-state index is 3.10. The Morgan fingerprint density at radius 3 is 1.00 bits per heavy atom. The normalized spacial score (nSPS) is 3.60. The molecular weight excluding hydrogens is 147 g/mol. The molecule has 0 bridgehead atoms. The molecule has 0 fully saturated rings. The molecule has 0 N–H and O–H groups in total. The monoisotopic (exact) mass is 152 g/mol. The van der Waals surface area contributed by atoms with Crippen LogP contribution in [0.1, 0.15) is 0 Å². The summed E-state index contributed by atoms with van der Waals surface area (Å²) < 4.78 is 0. The van der Waals surface area contributed by atoms with Gasteiger partial charge < -0.3 is 24.8 Å². The predicted molar refractivity (Wildman–Crippen MR) is 25.2 cm³/mol. The van der Waals surface area contributed by atoms with Crippen LogP contribution in [0, 0.1) is 0 Å². The van der Waals surface area contributed by atoms with Gasteiger partial charge in [-0.3, -0.25) is 0 Å². The fourth-order valence-corrected chi connectivity index (χ4v) is 0. The van der Waals surface area contributed by atoms with Gasteiger partial charge in [0.1, 0.15) is 0 Å². The number of rotatable bonds is 0. The van der Waals surface area contributed by atoms with E-state index in [0.29, 0.717) is 0 Å². The van der Waals surface area contributed by atoms with Crippen molar-refractivity contribution in [2.75, 3.05) is 5.08 Å². The molecule has 0 aliphatic rings. The molecule has 0 aromatic carbocycles. The molecule has 36 valence electrons. The van der Waals surface area contributed by atoms with Crippen LogP contribution in [-0.4, -0.2) is 5.08 Å². The topological polar surface area (TPSA) is 0 Å². The van der Waals surface area contributed by atoms with Crippen molar-refractivity contribution in [3.63, 3.8) is 0 Å². The highest BCUT2D eigenvalue weighted by atomic mass is 35.5. The second-order valence-corrected chi connectivity index (χ2v) is 1.59. The van der Waals surface area contributed by atoms with Gasteiger partial charge in [-0.05, 0) is 0 Å². The summed E-state index contributed by atoms with van der Waals surface area (Å²) in [6.45, 7) is 0. The lowest BCUT2D eigenvalue weighted by Crippen LogP contribution is -3.00. The molecule has 5 heavy (non-hydrogen) atoms. The molecule has 4 heteroatoms. The minimum absolute atomic E-state index is 0. The molecule has 0 unspecified atom stereocenters. The summed E-state index contributed by atoms with van der Waals surface area (Å²) in [4.78, 5) is 0. The molecule has 0 radical (unpaired) electrons. The molecule has 0 saturated heterocycles. The van der Waals surface area contributed by atoms with Crippen LogP contribution in [0.3, 0.4) is 0 Å². The lowest BCUT2D eigenvalue weighted by Gasteiger charge is -1.29. The summed E-state index contributed by atoms with van der Waals surface area (Å²) in [5.74, 6) is 0. The third-order valence-electron chi connectivity index (χ3n) is 0. The van der Waals surface area contributed by atoms with Gasteiger partial charge in [0.2, 0.25) is 5.08 Å². The Balaban J connectivity index is -0.0000000200. The highest BCUT2D eigenvalue weighted by molar-refractivity contribution is 7.77. The van der Waals surface area contributed by atoms with Crippen molar-refractivity contribution in [3.8, 4) is 0 Å². The van der Waals surface area contributed by atoms with Crippen LogP contribution in [-0.2, 0) is 25.3 Å². The standard InChI is InChI=1S/CH4S2.2ClH/c2-1-3;;/h2-3H,1H2;2*1H. The van der Waals surface area contributed by atoms with Crippen LogP contribution >= 0.6 is 0 Å². The van der Waals surface area contributed by atoms with Gasteiger partial charge in [0.25, 0.3) is 0 Å². The highest BCUT2D eigenvalue weighted by Gasteiger charge is 1.55. The van der Waals surface area contributed by atoms with Crippen LogP contribution in [0.5, 0.6) is 0 Å². The van der Waals surface area contributed by atoms with Gasteiger partial charge in [0.15, 0.2) is 0 Å². The molecule has 0 spiro atoms. The molecule has 0 aliphatic heterocycles. The first-order valence-electron chi connectivity index (χ1n) is 0.707. The molecule has 0 amide bonds. The lowest BCUT2D eigenvalue weighted by atomic mass is 11.9. The van der Waals surface area contributed by atoms with Gasteiger partial charge in [-0.2, -0.15) is 0 Å². The molecule has 0 atom stereocenters. The molecule has 0 aromatic rings. The van der Waals surface area contributed by atoms with E-state index < -0.39 is 0 Å². The molecule has 0 nitrogen and oxygen atoms in total. The van der Waals surface area contributed by atoms with Gasteiger partial charge >= 0.3 is 0 Å². The summed E-state index contributed by atoms with van der Waals surface area (Å²) in [5.41, 5.74) is 0. The van der Waals surface area contributed by atoms with Crippen molar-refractivity contribution < 1.29 is 24.8 Å². The van der Waals surface area contributed by atoms with E-state index in [1.807, 2.05) is 0 Å². The van der Waals surface area contributed by atoms with Crippen molar-refractivity contribution in [3.05, 3.63) is 0 Å². The molecule has 0 saturated carbocycles. The second-order valence-electron chi connectivity index (χ2n) is 0.177. The van der Waals surface area contributed by atoms with E-state index in [-0.39, 0.29) is 24.8 Å². The zero-order valence-corrected chi connectivity index (χ0v) is 5.97. The average Bonchev–Trinajstić information content (AvgIpc) is 0.918. The Bertz CT molecular complexity index is 7.61. The van der Waals surface area contributed by atoms with Crippen molar-refractivity contribution in [2.45, 2.75) is 0 Å². The second kappa shape index (κ2) is 18.6. The Kier molecular flexibility index (Phi) is 60.6. The van der Waals surface area contributed by atoms with Crippen LogP contribution in [0.4, 0.5) is 0 Å². The summed E-state index contributed by atoms with van der Waals surface area (Å²) in [7, 11) is 0. The molecular formula is CH6Cl2S2. The third kappa shape index (κ3) is 34.7. The zero-order valence-electron chi connectivity index (χ0n) is 2.46. The summed E-state index contributed by atoms with van der Waals surface area (Å²) >= 11 is 6.19. The van der Waals surface area contributed by atoms with Crippen molar-refractivity contribution >= 4 is 25.3 Å². The quantitative estimate of drug-likeness (QED) is 0.303. The van der Waals surface area contributed by atoms with Gasteiger partial charge in [0.05, 0.1) is 0 Å². The maximum absolute atomic E-state index is 3.10. The highest BCUT2D eigenvalue weighted by Crippen LogP contribution is 1.32. The van der Waals surface area contributed by atoms with Gasteiger partial charge in [-0.15, -0.1) is 0 Å². The van der Waals surface area contributed by atoms with E-state index >= 15 is 0 Å². The first-order valence-corrected chi connectivity index (χ1v) is 2.12. The summed E-state index contributed by atoms with van der Waals surface area (Å²) in [6.07, 6.45) is 0. The third-order valence-corrected chi connectivity index (χ3v) is 0. The Morgan fingerprint density at radius 1 is 1.00 bits per heavy atom. The maximum Gasteiger partial charge on any atom is 0.249 e. The molecule has 0 aliphatic carbocycles. The Morgan fingerprint density at radius 2 is 1.00 bits per heavy atom. The largest absolute Gasteiger partial charge is 1.00 e. The van der Waals surface area contributed by atoms with Crippen LogP contribution < -0.4 is 24.8 Å². The predicted octanol–water partition coefficient (Wildman–Crippen LogP) is -7.03. The fraction of sp³-hybridized carbons (Fsp3) is 1.00. The summed E-state index contributed by atoms with van der Waals surface area (Å²) in [5, 5.41) is 0.861. The first kappa shape index (κ1) is 16.3. The van der Waals surface area contributed by atoms with Crippen molar-refractivity contribution in [1.82, 2.24) is 0 Å². The van der Waals surface area contributed by atoms with E-state index in [9.17, 15) is 0 Å². The smallest absolute Gasteiger partial charge is 0.249 e. The van der Waals surface area contributed by atoms with Gasteiger partial charge in [-0.1, -0.05) is 0 Å². The van der Waals surface area contributed by atoms with Gasteiger partial charge in [0, 0.05) is 25.3 Å². The van der Waals surface area contributed by atoms with E-state index in [4.69, 9.17) is 0 Å². The summed E-state index contributed by atoms with van der Waals surface area (Å²) in [6, 6.07) is 0. The van der Waals surface area contributed by atoms with Crippen LogP contribution in [0.15, 0.2) is 0 Å². The molecule has 0 heterocycles. The van der Waals surface area contributed by atoms with E-state index in [0.717, 1.165) is 5.08 Å². The van der Waals surface area contributed by atoms with Crippen molar-refractivity contribution in [2.24, 2.45) is 0 Å². The SMILES string of the molecule is [Cl-].[Cl-].[SH2+]C[SH2+]. The lowest BCUT2D eigenvalue weighted by molar-refractivity contribution is -0.001000. The first-order chi connectivity index (χ1) is 1.41. The minimum Gasteiger partial charge on any atom is -1.00 e. The molecule has 0 aromatic heterocycles. The van der Waals surface area contributed by atoms with E-state index in [1.165, 1.54) is 0 Å². The van der Waals surface area contributed by atoms with Crippen LogP contribution in [0.25, 0.3) is 0 Å². The van der Waals surface area contributed by atoms with Crippen LogP contribution in [0.2, 0.25) is 0 Å². The number of hydrogen-bond donors (Lipinski definition) is 0. The van der Waals surface area contributed by atoms with Gasteiger partial charge in [-0.25, -0.2) is 0 Å². The molecule has 0 rings (SSSR count). The minimum atomic E-state index is 0. The van der Waals surface area contributed by atoms with Crippen molar-refractivity contribution in [1.29, 1.82) is 0 Å². The number of halogens is 2. The average molecular weight is 153 g/mol. The Labute approximate surface area is 55.4 Å². The fourth-order valence-electron chi connectivity index (χ4n) is 0. The zero-order chi connectivity index (χ0) is 2.71. The van der Waals surface area contributed by atoms with E-state index in [2.05, 4.69) is 25.3 Å². The number of hydrogen-bond acceptors (Lipinski definition) is 0. The Hall–Kier alpha value is 1.28. The van der Waals surface area contributed by atoms with E-state index in [1.54, 1.807) is 0 Å².